The summed E-state index contributed by atoms with van der Waals surface area (Å²) in [6.07, 6.45) is -0.603. The number of anilines is 2. The molecule has 1 amide bonds. The van der Waals surface area contributed by atoms with Crippen molar-refractivity contribution in [1.29, 1.82) is 0 Å². The lowest BCUT2D eigenvalue weighted by Crippen LogP contribution is -2.44. The van der Waals surface area contributed by atoms with E-state index in [-0.39, 0.29) is 11.7 Å². The molecular weight excluding hydrogens is 290 g/mol. The molecule has 0 unspecified atom stereocenters. The zero-order valence-corrected chi connectivity index (χ0v) is 12.2. The van der Waals surface area contributed by atoms with Crippen LogP contribution in [0.3, 0.4) is 0 Å². The van der Waals surface area contributed by atoms with Gasteiger partial charge >= 0.3 is 0 Å². The first-order valence-corrected chi connectivity index (χ1v) is 6.92. The van der Waals surface area contributed by atoms with Crippen molar-refractivity contribution in [2.75, 3.05) is 10.6 Å². The first kappa shape index (κ1) is 13.7. The SMILES string of the molecule is C[C@H]1Oc2nc(N)c(Cl)cc2N(Cc2ccccc2)C1=O. The van der Waals surface area contributed by atoms with Crippen molar-refractivity contribution in [3.63, 3.8) is 0 Å². The number of hydrogen-bond acceptors (Lipinski definition) is 4. The van der Waals surface area contributed by atoms with Crippen LogP contribution in [0.2, 0.25) is 5.02 Å². The number of amides is 1. The molecule has 0 fully saturated rings. The van der Waals surface area contributed by atoms with Gasteiger partial charge in [-0.05, 0) is 18.6 Å². The van der Waals surface area contributed by atoms with Crippen molar-refractivity contribution < 1.29 is 9.53 Å². The minimum atomic E-state index is -0.603. The van der Waals surface area contributed by atoms with Gasteiger partial charge in [0.1, 0.15) is 11.5 Å². The lowest BCUT2D eigenvalue weighted by atomic mass is 10.1. The fourth-order valence-corrected chi connectivity index (χ4v) is 2.39. The Labute approximate surface area is 127 Å². The Morgan fingerprint density at radius 3 is 2.81 bits per heavy atom. The fraction of sp³-hybridized carbons (Fsp3) is 0.200. The van der Waals surface area contributed by atoms with E-state index >= 15 is 0 Å². The molecule has 1 atom stereocenters. The maximum absolute atomic E-state index is 12.4. The number of fused-ring (bicyclic) bond motifs is 1. The minimum Gasteiger partial charge on any atom is -0.463 e. The highest BCUT2D eigenvalue weighted by molar-refractivity contribution is 6.33. The maximum Gasteiger partial charge on any atom is 0.268 e. The van der Waals surface area contributed by atoms with Crippen molar-refractivity contribution >= 4 is 29.0 Å². The summed E-state index contributed by atoms with van der Waals surface area (Å²) >= 11 is 6.02. The Balaban J connectivity index is 2.03. The third kappa shape index (κ3) is 2.52. The van der Waals surface area contributed by atoms with Crippen molar-refractivity contribution in [1.82, 2.24) is 4.98 Å². The van der Waals surface area contributed by atoms with Gasteiger partial charge < -0.3 is 10.5 Å². The van der Waals surface area contributed by atoms with Crippen LogP contribution >= 0.6 is 11.6 Å². The molecule has 0 bridgehead atoms. The second kappa shape index (κ2) is 5.26. The number of benzene rings is 1. The lowest BCUT2D eigenvalue weighted by Gasteiger charge is -2.32. The molecule has 0 aliphatic carbocycles. The van der Waals surface area contributed by atoms with Gasteiger partial charge in [-0.15, -0.1) is 0 Å². The van der Waals surface area contributed by atoms with Gasteiger partial charge in [0.05, 0.1) is 11.6 Å². The molecule has 5 nitrogen and oxygen atoms in total. The molecule has 2 N–H and O–H groups in total. The van der Waals surface area contributed by atoms with Gasteiger partial charge in [0.2, 0.25) is 5.88 Å². The lowest BCUT2D eigenvalue weighted by molar-refractivity contribution is -0.125. The molecule has 0 radical (unpaired) electrons. The summed E-state index contributed by atoms with van der Waals surface area (Å²) in [5.74, 6) is 0.394. The summed E-state index contributed by atoms with van der Waals surface area (Å²) < 4.78 is 5.51. The highest BCUT2D eigenvalue weighted by atomic mass is 35.5. The van der Waals surface area contributed by atoms with Crippen molar-refractivity contribution in [3.8, 4) is 5.88 Å². The largest absolute Gasteiger partial charge is 0.463 e. The Kier molecular flexibility index (Phi) is 3.43. The van der Waals surface area contributed by atoms with Crippen LogP contribution in [-0.2, 0) is 11.3 Å². The van der Waals surface area contributed by atoms with Crippen LogP contribution in [0.25, 0.3) is 0 Å². The normalized spacial score (nSPS) is 17.3. The highest BCUT2D eigenvalue weighted by Crippen LogP contribution is 2.37. The molecule has 6 heteroatoms. The Morgan fingerprint density at radius 2 is 2.10 bits per heavy atom. The first-order chi connectivity index (χ1) is 10.1. The summed E-state index contributed by atoms with van der Waals surface area (Å²) in [7, 11) is 0. The number of carbonyl (C=O) groups is 1. The maximum atomic E-state index is 12.4. The number of nitrogen functional groups attached to an aromatic ring is 1. The minimum absolute atomic E-state index is 0.131. The van der Waals surface area contributed by atoms with Crippen molar-refractivity contribution in [2.24, 2.45) is 0 Å². The number of halogens is 1. The summed E-state index contributed by atoms with van der Waals surface area (Å²) in [5, 5.41) is 0.303. The highest BCUT2D eigenvalue weighted by Gasteiger charge is 2.33. The van der Waals surface area contributed by atoms with Gasteiger partial charge in [-0.1, -0.05) is 41.9 Å². The van der Waals surface area contributed by atoms with E-state index in [4.69, 9.17) is 22.1 Å². The van der Waals surface area contributed by atoms with E-state index in [0.717, 1.165) is 5.56 Å². The van der Waals surface area contributed by atoms with Crippen molar-refractivity contribution in [2.45, 2.75) is 19.6 Å². The van der Waals surface area contributed by atoms with Gasteiger partial charge in [-0.2, -0.15) is 4.98 Å². The Hall–Kier alpha value is -2.27. The smallest absolute Gasteiger partial charge is 0.268 e. The number of hydrogen-bond donors (Lipinski definition) is 1. The topological polar surface area (TPSA) is 68.5 Å². The van der Waals surface area contributed by atoms with Crippen LogP contribution in [-0.4, -0.2) is 17.0 Å². The van der Waals surface area contributed by atoms with E-state index in [9.17, 15) is 4.79 Å². The van der Waals surface area contributed by atoms with E-state index < -0.39 is 6.10 Å². The third-order valence-electron chi connectivity index (χ3n) is 3.33. The summed E-state index contributed by atoms with van der Waals surface area (Å²) in [6, 6.07) is 11.3. The average Bonchev–Trinajstić information content (AvgIpc) is 2.47. The zero-order chi connectivity index (χ0) is 15.0. The van der Waals surface area contributed by atoms with Gasteiger partial charge in [0, 0.05) is 0 Å². The summed E-state index contributed by atoms with van der Waals surface area (Å²) in [5.41, 5.74) is 7.25. The number of carbonyl (C=O) groups excluding carboxylic acids is 1. The number of pyridine rings is 1. The van der Waals surface area contributed by atoms with Crippen LogP contribution in [0.5, 0.6) is 5.88 Å². The molecule has 1 aliphatic heterocycles. The second-order valence-corrected chi connectivity index (χ2v) is 5.26. The molecule has 0 saturated carbocycles. The predicted octanol–water partition coefficient (Wildman–Crippen LogP) is 2.63. The second-order valence-electron chi connectivity index (χ2n) is 4.85. The molecular formula is C15H14ClN3O2. The summed E-state index contributed by atoms with van der Waals surface area (Å²) in [6.45, 7) is 2.12. The van der Waals surface area contributed by atoms with E-state index in [1.165, 1.54) is 0 Å². The van der Waals surface area contributed by atoms with E-state index in [1.807, 2.05) is 30.3 Å². The average molecular weight is 304 g/mol. The number of ether oxygens (including phenoxy) is 1. The summed E-state index contributed by atoms with van der Waals surface area (Å²) in [4.78, 5) is 18.1. The van der Waals surface area contributed by atoms with E-state index in [2.05, 4.69) is 4.98 Å². The molecule has 2 aromatic rings. The van der Waals surface area contributed by atoms with E-state index in [0.29, 0.717) is 23.1 Å². The van der Waals surface area contributed by atoms with Gasteiger partial charge in [-0.3, -0.25) is 9.69 Å². The van der Waals surface area contributed by atoms with Crippen LogP contribution in [0, 0.1) is 0 Å². The molecule has 0 spiro atoms. The Morgan fingerprint density at radius 1 is 1.38 bits per heavy atom. The number of aromatic nitrogens is 1. The Bertz CT molecular complexity index is 691. The van der Waals surface area contributed by atoms with Crippen molar-refractivity contribution in [3.05, 3.63) is 47.0 Å². The zero-order valence-electron chi connectivity index (χ0n) is 11.4. The molecule has 0 saturated heterocycles. The van der Waals surface area contributed by atoms with E-state index in [1.54, 1.807) is 17.9 Å². The quantitative estimate of drug-likeness (QED) is 0.926. The molecule has 108 valence electrons. The number of nitrogens with two attached hydrogens (primary N) is 1. The number of rotatable bonds is 2. The first-order valence-electron chi connectivity index (χ1n) is 6.54. The molecule has 1 aromatic heterocycles. The van der Waals surface area contributed by atoms with Crippen LogP contribution < -0.4 is 15.4 Å². The van der Waals surface area contributed by atoms with Gasteiger partial charge in [0.25, 0.3) is 5.91 Å². The van der Waals surface area contributed by atoms with Gasteiger partial charge in [0.15, 0.2) is 6.10 Å². The van der Waals surface area contributed by atoms with Crippen LogP contribution in [0.4, 0.5) is 11.5 Å². The van der Waals surface area contributed by atoms with Gasteiger partial charge in [-0.25, -0.2) is 0 Å². The molecule has 2 heterocycles. The fourth-order valence-electron chi connectivity index (χ4n) is 2.24. The monoisotopic (exact) mass is 303 g/mol. The standard InChI is InChI=1S/C15H14ClN3O2/c1-9-15(20)19(8-10-5-3-2-4-6-10)12-7-11(16)13(17)18-14(12)21-9/h2-7,9H,8H2,1H3,(H2,17,18)/t9-/m1/s1. The molecule has 1 aliphatic rings. The van der Waals surface area contributed by atoms with Crippen LogP contribution in [0.15, 0.2) is 36.4 Å². The molecule has 3 rings (SSSR count). The molecule has 1 aromatic carbocycles. The predicted molar refractivity (Wildman–Crippen MR) is 81.4 cm³/mol. The number of nitrogens with zero attached hydrogens (tertiary/aromatic N) is 2. The third-order valence-corrected chi connectivity index (χ3v) is 3.63. The van der Waals surface area contributed by atoms with Crippen LogP contribution in [0.1, 0.15) is 12.5 Å². The molecule has 21 heavy (non-hydrogen) atoms.